The van der Waals surface area contributed by atoms with Crippen LogP contribution in [0.15, 0.2) is 60.8 Å². The Morgan fingerprint density at radius 1 is 1.03 bits per heavy atom. The van der Waals surface area contributed by atoms with E-state index in [2.05, 4.69) is 21.8 Å². The fourth-order valence-corrected chi connectivity index (χ4v) is 5.12. The number of carbonyl (C=O) groups excluding carboxylic acids is 1. The molecule has 0 bridgehead atoms. The van der Waals surface area contributed by atoms with Gasteiger partial charge in [0.1, 0.15) is 11.5 Å². The van der Waals surface area contributed by atoms with Crippen LogP contribution in [0.1, 0.15) is 18.5 Å². The van der Waals surface area contributed by atoms with Crippen LogP contribution >= 0.6 is 0 Å². The quantitative estimate of drug-likeness (QED) is 0.465. The SMILES string of the molecule is COc1ccc2ncc(-c3cc4n(n3)CCC43CCN(C(=O)Oc4ccc(N)cc4)C3)cc2c1. The molecule has 2 aromatic heterocycles. The number of likely N-dealkylation sites (tertiary alicyclic amines) is 1. The summed E-state index contributed by atoms with van der Waals surface area (Å²) < 4.78 is 13.0. The van der Waals surface area contributed by atoms with Crippen molar-refractivity contribution >= 4 is 22.7 Å². The van der Waals surface area contributed by atoms with Crippen LogP contribution in [0.4, 0.5) is 10.5 Å². The van der Waals surface area contributed by atoms with Crippen molar-refractivity contribution in [3.63, 3.8) is 0 Å². The van der Waals surface area contributed by atoms with Gasteiger partial charge in [-0.1, -0.05) is 0 Å². The number of fused-ring (bicyclic) bond motifs is 3. The van der Waals surface area contributed by atoms with Crippen molar-refractivity contribution in [3.05, 3.63) is 66.5 Å². The van der Waals surface area contributed by atoms with Gasteiger partial charge in [-0.15, -0.1) is 0 Å². The second-order valence-corrected chi connectivity index (χ2v) is 9.06. The number of methoxy groups -OCH3 is 1. The minimum absolute atomic E-state index is 0.0983. The molecule has 1 fully saturated rings. The molecule has 2 N–H and O–H groups in total. The molecule has 1 spiro atoms. The van der Waals surface area contributed by atoms with Crippen molar-refractivity contribution in [3.8, 4) is 22.8 Å². The van der Waals surface area contributed by atoms with Gasteiger partial charge in [-0.05, 0) is 67.4 Å². The summed E-state index contributed by atoms with van der Waals surface area (Å²) >= 11 is 0. The first-order valence-electron chi connectivity index (χ1n) is 11.4. The third kappa shape index (κ3) is 3.42. The largest absolute Gasteiger partial charge is 0.497 e. The zero-order chi connectivity index (χ0) is 23.3. The van der Waals surface area contributed by atoms with Crippen molar-refractivity contribution in [2.24, 2.45) is 0 Å². The Labute approximate surface area is 196 Å². The molecule has 4 aromatic rings. The van der Waals surface area contributed by atoms with Crippen LogP contribution in [-0.4, -0.2) is 46.0 Å². The van der Waals surface area contributed by atoms with Crippen LogP contribution in [-0.2, 0) is 12.0 Å². The van der Waals surface area contributed by atoms with Crippen molar-refractivity contribution in [2.45, 2.75) is 24.8 Å². The fourth-order valence-electron chi connectivity index (χ4n) is 5.12. The van der Waals surface area contributed by atoms with E-state index in [1.54, 1.807) is 36.3 Å². The monoisotopic (exact) mass is 455 g/mol. The van der Waals surface area contributed by atoms with Crippen LogP contribution in [0, 0.1) is 0 Å². The number of carbonyl (C=O) groups is 1. The van der Waals surface area contributed by atoms with E-state index in [4.69, 9.17) is 20.3 Å². The molecule has 6 rings (SSSR count). The number of hydrogen-bond donors (Lipinski definition) is 1. The summed E-state index contributed by atoms with van der Waals surface area (Å²) in [5, 5.41) is 5.89. The molecule has 172 valence electrons. The van der Waals surface area contributed by atoms with E-state index in [0.29, 0.717) is 24.5 Å². The van der Waals surface area contributed by atoms with Gasteiger partial charge in [0.05, 0.1) is 18.3 Å². The molecule has 0 saturated carbocycles. The van der Waals surface area contributed by atoms with Gasteiger partial charge in [-0.3, -0.25) is 9.67 Å². The summed E-state index contributed by atoms with van der Waals surface area (Å²) in [4.78, 5) is 19.2. The van der Waals surface area contributed by atoms with Gasteiger partial charge in [0.25, 0.3) is 0 Å². The van der Waals surface area contributed by atoms with E-state index >= 15 is 0 Å². The average molecular weight is 456 g/mol. The Balaban J connectivity index is 1.24. The molecule has 8 nitrogen and oxygen atoms in total. The number of ether oxygens (including phenoxy) is 2. The lowest BCUT2D eigenvalue weighted by Gasteiger charge is -2.23. The molecular weight excluding hydrogens is 430 g/mol. The zero-order valence-electron chi connectivity index (χ0n) is 18.9. The lowest BCUT2D eigenvalue weighted by Crippen LogP contribution is -2.35. The van der Waals surface area contributed by atoms with E-state index in [9.17, 15) is 4.79 Å². The Bertz CT molecular complexity index is 1400. The maximum Gasteiger partial charge on any atom is 0.415 e. The molecule has 1 amide bonds. The van der Waals surface area contributed by atoms with Crippen molar-refractivity contribution in [1.29, 1.82) is 0 Å². The lowest BCUT2D eigenvalue weighted by atomic mass is 9.82. The number of pyridine rings is 1. The van der Waals surface area contributed by atoms with Crippen LogP contribution in [0.2, 0.25) is 0 Å². The normalized spacial score (nSPS) is 19.0. The minimum Gasteiger partial charge on any atom is -0.497 e. The topological polar surface area (TPSA) is 95.5 Å². The van der Waals surface area contributed by atoms with E-state index in [1.807, 2.05) is 24.4 Å². The predicted molar refractivity (Wildman–Crippen MR) is 129 cm³/mol. The summed E-state index contributed by atoms with van der Waals surface area (Å²) in [6, 6.07) is 17.0. The number of nitrogen functional groups attached to an aromatic ring is 1. The molecule has 0 radical (unpaired) electrons. The molecule has 1 atom stereocenters. The fraction of sp³-hybridized carbons (Fsp3) is 0.269. The van der Waals surface area contributed by atoms with Crippen LogP contribution in [0.25, 0.3) is 22.2 Å². The number of nitrogens with zero attached hydrogens (tertiary/aromatic N) is 4. The maximum atomic E-state index is 12.8. The Morgan fingerprint density at radius 2 is 1.82 bits per heavy atom. The highest BCUT2D eigenvalue weighted by Crippen LogP contribution is 2.44. The van der Waals surface area contributed by atoms with Crippen molar-refractivity contribution in [2.75, 3.05) is 25.9 Å². The van der Waals surface area contributed by atoms with Gasteiger partial charge in [0.15, 0.2) is 0 Å². The molecule has 2 aliphatic heterocycles. The molecule has 0 aliphatic carbocycles. The summed E-state index contributed by atoms with van der Waals surface area (Å²) in [5.74, 6) is 1.30. The third-order valence-corrected chi connectivity index (χ3v) is 7.01. The summed E-state index contributed by atoms with van der Waals surface area (Å²) in [6.45, 7) is 2.12. The average Bonchev–Trinajstić information content (AvgIpc) is 3.56. The van der Waals surface area contributed by atoms with Gasteiger partial charge < -0.3 is 20.1 Å². The highest BCUT2D eigenvalue weighted by Gasteiger charge is 2.47. The van der Waals surface area contributed by atoms with Crippen LogP contribution in [0.3, 0.4) is 0 Å². The predicted octanol–water partition coefficient (Wildman–Crippen LogP) is 4.24. The third-order valence-electron chi connectivity index (χ3n) is 7.01. The summed E-state index contributed by atoms with van der Waals surface area (Å²) in [5.41, 5.74) is 10.2. The highest BCUT2D eigenvalue weighted by molar-refractivity contribution is 5.84. The molecule has 8 heteroatoms. The van der Waals surface area contributed by atoms with Crippen molar-refractivity contribution < 1.29 is 14.3 Å². The number of nitrogens with two attached hydrogens (primary N) is 1. The number of hydrogen-bond acceptors (Lipinski definition) is 6. The second kappa shape index (κ2) is 7.76. The summed E-state index contributed by atoms with van der Waals surface area (Å²) in [6.07, 6.45) is 3.40. The van der Waals surface area contributed by atoms with E-state index in [0.717, 1.165) is 47.3 Å². The number of amides is 1. The maximum absolute atomic E-state index is 12.8. The van der Waals surface area contributed by atoms with Gasteiger partial charge in [0, 0.05) is 53.6 Å². The molecule has 4 heterocycles. The van der Waals surface area contributed by atoms with E-state index in [1.165, 1.54) is 5.69 Å². The number of benzene rings is 2. The molecule has 2 aliphatic rings. The molecule has 2 aromatic carbocycles. The highest BCUT2D eigenvalue weighted by atomic mass is 16.6. The van der Waals surface area contributed by atoms with Gasteiger partial charge >= 0.3 is 6.09 Å². The Kier molecular flexibility index (Phi) is 4.69. The van der Waals surface area contributed by atoms with E-state index < -0.39 is 0 Å². The van der Waals surface area contributed by atoms with Crippen LogP contribution < -0.4 is 15.2 Å². The smallest absolute Gasteiger partial charge is 0.415 e. The standard InChI is InChI=1S/C26H25N5O3/c1-33-21-6-7-22-17(13-21)12-18(15-28-22)23-14-24-26(9-11-31(24)29-23)8-10-30(16-26)25(32)34-20-4-2-19(27)3-5-20/h2-7,12-15H,8-11,16,27H2,1H3. The molecule has 1 unspecified atom stereocenters. The first-order chi connectivity index (χ1) is 16.5. The minimum atomic E-state index is -0.326. The Morgan fingerprint density at radius 3 is 2.65 bits per heavy atom. The van der Waals surface area contributed by atoms with E-state index in [-0.39, 0.29) is 11.5 Å². The molecule has 1 saturated heterocycles. The Hall–Kier alpha value is -4.07. The zero-order valence-corrected chi connectivity index (χ0v) is 18.9. The van der Waals surface area contributed by atoms with Gasteiger partial charge in [-0.25, -0.2) is 4.79 Å². The van der Waals surface area contributed by atoms with Gasteiger partial charge in [0.2, 0.25) is 0 Å². The number of rotatable bonds is 3. The molecular formula is C26H25N5O3. The number of aromatic nitrogens is 3. The first-order valence-corrected chi connectivity index (χ1v) is 11.4. The van der Waals surface area contributed by atoms with Crippen molar-refractivity contribution in [1.82, 2.24) is 19.7 Å². The van der Waals surface area contributed by atoms with Gasteiger partial charge in [-0.2, -0.15) is 5.10 Å². The molecule has 34 heavy (non-hydrogen) atoms. The first kappa shape index (κ1) is 20.5. The number of anilines is 1. The second-order valence-electron chi connectivity index (χ2n) is 9.06. The lowest BCUT2D eigenvalue weighted by molar-refractivity contribution is 0.160. The number of aryl methyl sites for hydroxylation is 1. The van der Waals surface area contributed by atoms with Crippen LogP contribution in [0.5, 0.6) is 11.5 Å². The summed E-state index contributed by atoms with van der Waals surface area (Å²) in [7, 11) is 1.66.